The second-order valence-electron chi connectivity index (χ2n) is 6.22. The molecular weight excluding hydrogens is 325 g/mol. The van der Waals surface area contributed by atoms with Crippen LogP contribution in [-0.4, -0.2) is 50.8 Å². The van der Waals surface area contributed by atoms with E-state index in [1.54, 1.807) is 7.05 Å². The maximum atomic E-state index is 14.5. The van der Waals surface area contributed by atoms with Gasteiger partial charge in [-0.2, -0.15) is 0 Å². The van der Waals surface area contributed by atoms with E-state index in [9.17, 15) is 14.0 Å². The largest absolute Gasteiger partial charge is 0.386 e. The molecule has 8 heteroatoms. The van der Waals surface area contributed by atoms with Crippen LogP contribution in [0.4, 0.5) is 15.8 Å². The number of piperazine rings is 1. The number of rotatable bonds is 4. The van der Waals surface area contributed by atoms with Crippen molar-refractivity contribution >= 4 is 28.9 Å². The van der Waals surface area contributed by atoms with E-state index in [1.807, 2.05) is 4.90 Å². The van der Waals surface area contributed by atoms with E-state index in [2.05, 4.69) is 16.0 Å². The Morgan fingerprint density at radius 2 is 2.04 bits per heavy atom. The third kappa shape index (κ3) is 3.34. The first-order valence-corrected chi connectivity index (χ1v) is 8.41. The predicted octanol–water partition coefficient (Wildman–Crippen LogP) is 0.698. The van der Waals surface area contributed by atoms with Gasteiger partial charge >= 0.3 is 0 Å². The molecule has 2 aliphatic heterocycles. The molecule has 0 aromatic heterocycles. The zero-order chi connectivity index (χ0) is 18.0. The molecule has 2 aliphatic rings. The minimum absolute atomic E-state index is 0.103. The van der Waals surface area contributed by atoms with Gasteiger partial charge in [-0.15, -0.1) is 0 Å². The zero-order valence-electron chi connectivity index (χ0n) is 14.1. The van der Waals surface area contributed by atoms with E-state index in [-0.39, 0.29) is 23.9 Å². The highest BCUT2D eigenvalue weighted by Gasteiger charge is 2.32. The Bertz CT molecular complexity index is 715. The lowest BCUT2D eigenvalue weighted by atomic mass is 9.88. The molecule has 2 saturated heterocycles. The lowest BCUT2D eigenvalue weighted by Gasteiger charge is -2.32. The quantitative estimate of drug-likeness (QED) is 0.475. The number of piperidine rings is 1. The molecule has 7 nitrogen and oxygen atoms in total. The molecule has 0 radical (unpaired) electrons. The molecular formula is C17H22FN5O2. The number of nitrogens with zero attached hydrogens (tertiary/aromatic N) is 1. The van der Waals surface area contributed by atoms with E-state index >= 15 is 0 Å². The Morgan fingerprint density at radius 3 is 2.68 bits per heavy atom. The van der Waals surface area contributed by atoms with Crippen molar-refractivity contribution in [1.82, 2.24) is 10.6 Å². The second-order valence-corrected chi connectivity index (χ2v) is 6.22. The number of nitrogens with one attached hydrogen (secondary N) is 4. The minimum Gasteiger partial charge on any atom is -0.386 e. The van der Waals surface area contributed by atoms with Crippen molar-refractivity contribution in [2.45, 2.75) is 12.8 Å². The molecule has 1 atom stereocenters. The van der Waals surface area contributed by atoms with Crippen LogP contribution in [-0.2, 0) is 9.59 Å². The van der Waals surface area contributed by atoms with Gasteiger partial charge in [0.1, 0.15) is 5.82 Å². The Kier molecular flexibility index (Phi) is 4.98. The van der Waals surface area contributed by atoms with Crippen molar-refractivity contribution in [3.8, 4) is 0 Å². The predicted molar refractivity (Wildman–Crippen MR) is 93.7 cm³/mol. The topological polar surface area (TPSA) is 97.3 Å². The normalized spacial score (nSPS) is 21.0. The first kappa shape index (κ1) is 17.3. The summed E-state index contributed by atoms with van der Waals surface area (Å²) in [6.07, 6.45) is 0.506. The monoisotopic (exact) mass is 347 g/mol. The fourth-order valence-electron chi connectivity index (χ4n) is 3.40. The summed E-state index contributed by atoms with van der Waals surface area (Å²) in [7, 11) is 1.68. The van der Waals surface area contributed by atoms with Crippen LogP contribution < -0.4 is 20.9 Å². The number of benzene rings is 1. The molecule has 2 fully saturated rings. The third-order valence-corrected chi connectivity index (χ3v) is 4.69. The van der Waals surface area contributed by atoms with Gasteiger partial charge in [-0.1, -0.05) is 0 Å². The molecule has 2 amide bonds. The van der Waals surface area contributed by atoms with Crippen LogP contribution in [0.2, 0.25) is 0 Å². The molecule has 0 aliphatic carbocycles. The third-order valence-electron chi connectivity index (χ3n) is 4.69. The van der Waals surface area contributed by atoms with Crippen LogP contribution in [0.1, 0.15) is 18.4 Å². The summed E-state index contributed by atoms with van der Waals surface area (Å²) in [6, 6.07) is 2.87. The number of carbonyl (C=O) groups is 2. The fourth-order valence-corrected chi connectivity index (χ4v) is 3.40. The molecule has 1 aromatic rings. The fraction of sp³-hybridized carbons (Fsp3) is 0.471. The van der Waals surface area contributed by atoms with E-state index in [1.165, 1.54) is 12.1 Å². The second kappa shape index (κ2) is 7.18. The summed E-state index contributed by atoms with van der Waals surface area (Å²) >= 11 is 0. The molecule has 134 valence electrons. The van der Waals surface area contributed by atoms with Crippen molar-refractivity contribution < 1.29 is 14.0 Å². The summed E-state index contributed by atoms with van der Waals surface area (Å²) in [4.78, 5) is 25.4. The first-order valence-electron chi connectivity index (χ1n) is 8.41. The molecule has 0 bridgehead atoms. The number of hydrogen-bond acceptors (Lipinski definition) is 6. The van der Waals surface area contributed by atoms with Crippen LogP contribution >= 0.6 is 0 Å². The average molecular weight is 347 g/mol. The minimum atomic E-state index is -0.703. The number of halogens is 1. The zero-order valence-corrected chi connectivity index (χ0v) is 14.1. The smallest absolute Gasteiger partial charge is 0.235 e. The molecule has 3 rings (SSSR count). The molecule has 1 unspecified atom stereocenters. The summed E-state index contributed by atoms with van der Waals surface area (Å²) in [5.41, 5.74) is 1.54. The highest BCUT2D eigenvalue weighted by Crippen LogP contribution is 2.35. The Hall–Kier alpha value is -2.48. The van der Waals surface area contributed by atoms with E-state index in [4.69, 9.17) is 5.41 Å². The number of anilines is 2. The van der Waals surface area contributed by atoms with Crippen LogP contribution in [0.15, 0.2) is 12.1 Å². The number of carbonyl (C=O) groups excluding carboxylic acids is 2. The highest BCUT2D eigenvalue weighted by molar-refractivity contribution is 6.18. The summed E-state index contributed by atoms with van der Waals surface area (Å²) in [6.45, 7) is 2.86. The maximum absolute atomic E-state index is 14.5. The number of hydrogen-bond donors (Lipinski definition) is 4. The van der Waals surface area contributed by atoms with Gasteiger partial charge in [0.2, 0.25) is 11.8 Å². The van der Waals surface area contributed by atoms with E-state index in [0.717, 1.165) is 13.1 Å². The van der Waals surface area contributed by atoms with Crippen molar-refractivity contribution in [1.29, 1.82) is 5.41 Å². The van der Waals surface area contributed by atoms with Crippen molar-refractivity contribution in [2.75, 3.05) is 43.4 Å². The summed E-state index contributed by atoms with van der Waals surface area (Å²) < 4.78 is 14.5. The lowest BCUT2D eigenvalue weighted by Crippen LogP contribution is -2.45. The van der Waals surface area contributed by atoms with Gasteiger partial charge in [0.15, 0.2) is 0 Å². The molecule has 4 N–H and O–H groups in total. The summed E-state index contributed by atoms with van der Waals surface area (Å²) in [5.74, 6) is -1.84. The number of imide groups is 1. The van der Waals surface area contributed by atoms with Crippen molar-refractivity contribution in [2.24, 2.45) is 5.92 Å². The van der Waals surface area contributed by atoms with Gasteiger partial charge in [0.25, 0.3) is 0 Å². The Morgan fingerprint density at radius 1 is 1.32 bits per heavy atom. The summed E-state index contributed by atoms with van der Waals surface area (Å²) in [5, 5.41) is 17.0. The van der Waals surface area contributed by atoms with E-state index in [0.29, 0.717) is 36.4 Å². The maximum Gasteiger partial charge on any atom is 0.235 e. The molecule has 0 spiro atoms. The SMILES string of the molecule is CNc1c(C(=N)C2CCC(=O)NC2=O)ccc(F)c1N1CCNCC1. The van der Waals surface area contributed by atoms with Gasteiger partial charge in [0.05, 0.1) is 23.0 Å². The first-order chi connectivity index (χ1) is 12.0. The van der Waals surface area contributed by atoms with E-state index < -0.39 is 11.8 Å². The lowest BCUT2D eigenvalue weighted by molar-refractivity contribution is -0.134. The van der Waals surface area contributed by atoms with Gasteiger partial charge in [-0.05, 0) is 18.6 Å². The van der Waals surface area contributed by atoms with Crippen LogP contribution in [0.25, 0.3) is 0 Å². The molecule has 25 heavy (non-hydrogen) atoms. The number of amides is 2. The van der Waals surface area contributed by atoms with Crippen LogP contribution in [0, 0.1) is 17.1 Å². The van der Waals surface area contributed by atoms with Gasteiger partial charge in [-0.25, -0.2) is 4.39 Å². The van der Waals surface area contributed by atoms with Gasteiger partial charge in [-0.3, -0.25) is 14.9 Å². The molecule has 2 heterocycles. The van der Waals surface area contributed by atoms with Gasteiger partial charge in [0, 0.05) is 45.2 Å². The standard InChI is InChI=1S/C17H22FN5O2/c1-20-15-10(14(19)11-3-5-13(24)22-17(11)25)2-4-12(18)16(15)23-8-6-21-7-9-23/h2,4,11,19-21H,3,5-9H2,1H3,(H,22,24,25). The average Bonchev–Trinajstić information content (AvgIpc) is 2.61. The van der Waals surface area contributed by atoms with Crippen molar-refractivity contribution in [3.63, 3.8) is 0 Å². The highest BCUT2D eigenvalue weighted by atomic mass is 19.1. The van der Waals surface area contributed by atoms with Crippen LogP contribution in [0.3, 0.4) is 0 Å². The van der Waals surface area contributed by atoms with Crippen LogP contribution in [0.5, 0.6) is 0 Å². The Labute approximate surface area is 145 Å². The van der Waals surface area contributed by atoms with Crippen molar-refractivity contribution in [3.05, 3.63) is 23.5 Å². The van der Waals surface area contributed by atoms with Gasteiger partial charge < -0.3 is 20.9 Å². The molecule has 1 aromatic carbocycles. The Balaban J connectivity index is 1.97. The molecule has 0 saturated carbocycles.